The van der Waals surface area contributed by atoms with Crippen LogP contribution in [0.5, 0.6) is 0 Å². The quantitative estimate of drug-likeness (QED) is 0.264. The predicted octanol–water partition coefficient (Wildman–Crippen LogP) is 2.56. The smallest absolute Gasteiger partial charge is 0.197 e. The molecule has 1 aromatic carbocycles. The second kappa shape index (κ2) is 5.29. The highest BCUT2D eigenvalue weighted by atomic mass is 35.5. The van der Waals surface area contributed by atoms with Crippen LogP contribution in [0.15, 0.2) is 35.4 Å². The van der Waals surface area contributed by atoms with Gasteiger partial charge in [-0.2, -0.15) is 0 Å². The van der Waals surface area contributed by atoms with Gasteiger partial charge in [0, 0.05) is 16.7 Å². The van der Waals surface area contributed by atoms with Gasteiger partial charge in [0.25, 0.3) is 0 Å². The molecule has 0 heterocycles. The van der Waals surface area contributed by atoms with Crippen molar-refractivity contribution in [1.82, 2.24) is 0 Å². The van der Waals surface area contributed by atoms with E-state index in [2.05, 4.69) is 5.92 Å². The molecule has 0 aromatic heterocycles. The van der Waals surface area contributed by atoms with Crippen LogP contribution in [0.3, 0.4) is 0 Å². The maximum absolute atomic E-state index is 11.8. The number of allylic oxidation sites excluding steroid dienone is 1. The zero-order valence-electron chi connectivity index (χ0n) is 8.66. The molecule has 2 nitrogen and oxygen atoms in total. The number of Topliss-reactive ketones (excluding diaryl/α,β-unsaturated/α-hetero) is 2. The summed E-state index contributed by atoms with van der Waals surface area (Å²) < 4.78 is 0. The Morgan fingerprint density at radius 1 is 1.44 bits per heavy atom. The van der Waals surface area contributed by atoms with E-state index in [0.717, 1.165) is 5.54 Å². The minimum Gasteiger partial charge on any atom is -0.294 e. The highest BCUT2D eigenvalue weighted by Crippen LogP contribution is 2.12. The highest BCUT2D eigenvalue weighted by molar-refractivity contribution is 6.35. The minimum atomic E-state index is -0.417. The molecule has 0 radical (unpaired) electrons. The lowest BCUT2D eigenvalue weighted by atomic mass is 10.0. The summed E-state index contributed by atoms with van der Waals surface area (Å²) >= 11 is 5.44. The Labute approximate surface area is 98.9 Å². The Kier molecular flexibility index (Phi) is 4.04. The first-order valence-electron chi connectivity index (χ1n) is 4.53. The number of benzene rings is 1. The molecule has 0 unspecified atom stereocenters. The number of terminal acetylenes is 1. The predicted molar refractivity (Wildman–Crippen MR) is 63.3 cm³/mol. The van der Waals surface area contributed by atoms with Crippen molar-refractivity contribution in [2.75, 3.05) is 0 Å². The van der Waals surface area contributed by atoms with Gasteiger partial charge in [-0.3, -0.25) is 9.59 Å². The van der Waals surface area contributed by atoms with Gasteiger partial charge in [-0.15, -0.1) is 6.42 Å². The Hall–Kier alpha value is -1.85. The monoisotopic (exact) mass is 232 g/mol. The van der Waals surface area contributed by atoms with Crippen LogP contribution in [0, 0.1) is 12.3 Å². The number of carbonyl (C=O) groups excluding carboxylic acids is 2. The summed E-state index contributed by atoms with van der Waals surface area (Å²) in [5.74, 6) is 1.63. The van der Waals surface area contributed by atoms with Crippen molar-refractivity contribution < 1.29 is 9.59 Å². The van der Waals surface area contributed by atoms with Gasteiger partial charge in [-0.25, -0.2) is 0 Å². The van der Waals surface area contributed by atoms with Crippen LogP contribution in [-0.4, -0.2) is 11.6 Å². The molecule has 0 saturated carbocycles. The van der Waals surface area contributed by atoms with Crippen LogP contribution in [0.4, 0.5) is 0 Å². The minimum absolute atomic E-state index is 0.0455. The number of hydrogen-bond acceptors (Lipinski definition) is 2. The molecule has 0 spiro atoms. The number of hydrogen-bond donors (Lipinski definition) is 0. The van der Waals surface area contributed by atoms with E-state index in [9.17, 15) is 9.59 Å². The molecular formula is C13H9ClO2. The Morgan fingerprint density at radius 2 is 2.12 bits per heavy atom. The van der Waals surface area contributed by atoms with Crippen LogP contribution < -0.4 is 0 Å². The lowest BCUT2D eigenvalue weighted by molar-refractivity contribution is -0.113. The fraction of sp³-hybridized carbons (Fsp3) is 0.0769. The van der Waals surface area contributed by atoms with Crippen LogP contribution in [-0.2, 0) is 4.79 Å². The third kappa shape index (κ3) is 2.59. The van der Waals surface area contributed by atoms with Gasteiger partial charge in [0.05, 0.1) is 5.57 Å². The van der Waals surface area contributed by atoms with Crippen LogP contribution in [0.2, 0.25) is 0 Å². The van der Waals surface area contributed by atoms with E-state index in [0.29, 0.717) is 11.1 Å². The van der Waals surface area contributed by atoms with Crippen LogP contribution in [0.1, 0.15) is 22.8 Å². The molecule has 0 aliphatic heterocycles. The summed E-state index contributed by atoms with van der Waals surface area (Å²) in [5, 5.41) is 0. The SMILES string of the molecule is C#Cc1cccc(C(=O)/C(=C\Cl)C(C)=O)c1. The van der Waals surface area contributed by atoms with Gasteiger partial charge in [-0.1, -0.05) is 29.7 Å². The van der Waals surface area contributed by atoms with Crippen molar-refractivity contribution in [3.05, 3.63) is 46.5 Å². The van der Waals surface area contributed by atoms with Gasteiger partial charge >= 0.3 is 0 Å². The summed E-state index contributed by atoms with van der Waals surface area (Å²) in [6, 6.07) is 6.50. The zero-order chi connectivity index (χ0) is 12.1. The van der Waals surface area contributed by atoms with Crippen molar-refractivity contribution in [3.63, 3.8) is 0 Å². The molecule has 0 amide bonds. The van der Waals surface area contributed by atoms with E-state index in [1.165, 1.54) is 6.92 Å². The first-order valence-corrected chi connectivity index (χ1v) is 4.96. The number of rotatable bonds is 3. The molecule has 0 N–H and O–H groups in total. The van der Waals surface area contributed by atoms with Gasteiger partial charge in [-0.05, 0) is 19.1 Å². The first-order chi connectivity index (χ1) is 7.60. The van der Waals surface area contributed by atoms with Crippen molar-refractivity contribution in [2.24, 2.45) is 0 Å². The van der Waals surface area contributed by atoms with E-state index in [1.54, 1.807) is 24.3 Å². The second-order valence-electron chi connectivity index (χ2n) is 3.13. The fourth-order valence-corrected chi connectivity index (χ4v) is 1.44. The normalized spacial score (nSPS) is 10.7. The van der Waals surface area contributed by atoms with Crippen molar-refractivity contribution in [3.8, 4) is 12.3 Å². The van der Waals surface area contributed by atoms with Crippen molar-refractivity contribution in [1.29, 1.82) is 0 Å². The van der Waals surface area contributed by atoms with Gasteiger partial charge in [0.2, 0.25) is 0 Å². The van der Waals surface area contributed by atoms with E-state index in [1.807, 2.05) is 0 Å². The Bertz CT molecular complexity index is 507. The second-order valence-corrected chi connectivity index (χ2v) is 3.35. The molecule has 16 heavy (non-hydrogen) atoms. The van der Waals surface area contributed by atoms with E-state index < -0.39 is 5.78 Å². The van der Waals surface area contributed by atoms with Crippen LogP contribution >= 0.6 is 11.6 Å². The summed E-state index contributed by atoms with van der Waals surface area (Å²) in [6.07, 6.45) is 5.22. The number of carbonyl (C=O) groups is 2. The van der Waals surface area contributed by atoms with Crippen LogP contribution in [0.25, 0.3) is 0 Å². The van der Waals surface area contributed by atoms with Gasteiger partial charge < -0.3 is 0 Å². The molecule has 3 heteroatoms. The standard InChI is InChI=1S/C13H9ClO2/c1-3-10-5-4-6-11(7-10)13(16)12(8-14)9(2)15/h1,4-8H,2H3/b12-8-. The summed E-state index contributed by atoms with van der Waals surface area (Å²) in [6.45, 7) is 1.29. The molecular weight excluding hydrogens is 224 g/mol. The fourth-order valence-electron chi connectivity index (χ4n) is 1.19. The molecule has 80 valence electrons. The van der Waals surface area contributed by atoms with Crippen molar-refractivity contribution in [2.45, 2.75) is 6.92 Å². The first kappa shape index (κ1) is 12.2. The molecule has 0 aliphatic carbocycles. The molecule has 1 rings (SSSR count). The molecule has 0 fully saturated rings. The Balaban J connectivity index is 3.15. The number of halogens is 1. The largest absolute Gasteiger partial charge is 0.294 e. The van der Waals surface area contributed by atoms with Gasteiger partial charge in [0.1, 0.15) is 0 Å². The summed E-state index contributed by atoms with van der Waals surface area (Å²) in [5.41, 5.74) is 1.89. The number of ketones is 2. The van der Waals surface area contributed by atoms with E-state index in [-0.39, 0.29) is 11.4 Å². The zero-order valence-corrected chi connectivity index (χ0v) is 9.41. The molecule has 0 aliphatic rings. The topological polar surface area (TPSA) is 34.1 Å². The highest BCUT2D eigenvalue weighted by Gasteiger charge is 2.15. The third-order valence-electron chi connectivity index (χ3n) is 2.02. The molecule has 0 atom stereocenters. The maximum Gasteiger partial charge on any atom is 0.197 e. The maximum atomic E-state index is 11.8. The Morgan fingerprint density at radius 3 is 2.62 bits per heavy atom. The molecule has 1 aromatic rings. The average molecular weight is 233 g/mol. The third-order valence-corrected chi connectivity index (χ3v) is 2.24. The van der Waals surface area contributed by atoms with E-state index in [4.69, 9.17) is 18.0 Å². The van der Waals surface area contributed by atoms with Crippen molar-refractivity contribution >= 4 is 23.2 Å². The lowest BCUT2D eigenvalue weighted by Crippen LogP contribution is -2.10. The summed E-state index contributed by atoms with van der Waals surface area (Å²) in [7, 11) is 0. The molecule has 0 saturated heterocycles. The lowest BCUT2D eigenvalue weighted by Gasteiger charge is -2.02. The summed E-state index contributed by atoms with van der Waals surface area (Å²) in [4.78, 5) is 23.0. The molecule has 0 bridgehead atoms. The average Bonchev–Trinajstić information content (AvgIpc) is 2.29. The van der Waals surface area contributed by atoms with E-state index >= 15 is 0 Å². The van der Waals surface area contributed by atoms with Gasteiger partial charge in [0.15, 0.2) is 11.6 Å².